The Morgan fingerprint density at radius 1 is 0.686 bits per heavy atom. The summed E-state index contributed by atoms with van der Waals surface area (Å²) in [6, 6.07) is 14.2. The molecule has 6 atom stereocenters. The largest absolute Gasteiger partial charge is 0.467 e. The number of methoxy groups -OCH3 is 1. The highest BCUT2D eigenvalue weighted by atomic mass is 16.5. The minimum Gasteiger partial charge on any atom is -0.467 e. The van der Waals surface area contributed by atoms with Crippen LogP contribution in [0.25, 0.3) is 0 Å². The van der Waals surface area contributed by atoms with E-state index in [1.54, 1.807) is 52.0 Å². The molecule has 0 saturated heterocycles. The number of rotatable bonds is 20. The van der Waals surface area contributed by atoms with Gasteiger partial charge < -0.3 is 41.2 Å². The summed E-state index contributed by atoms with van der Waals surface area (Å²) in [5.74, 6) is -4.28. The first-order valence-corrected chi connectivity index (χ1v) is 17.1. The van der Waals surface area contributed by atoms with Crippen LogP contribution in [0, 0.1) is 17.8 Å². The van der Waals surface area contributed by atoms with Gasteiger partial charge in [0.15, 0.2) is 5.78 Å². The van der Waals surface area contributed by atoms with E-state index in [1.165, 1.54) is 21.0 Å². The van der Waals surface area contributed by atoms with Crippen molar-refractivity contribution in [2.45, 2.75) is 84.8 Å². The summed E-state index contributed by atoms with van der Waals surface area (Å²) in [4.78, 5) is 76.8. The molecule has 2 aromatic carbocycles. The number of Topliss-reactive ketones (excluding diaryl/α,β-unsaturated/α-hetero) is 1. The first-order chi connectivity index (χ1) is 24.1. The van der Waals surface area contributed by atoms with Crippen molar-refractivity contribution in [3.63, 3.8) is 0 Å². The second-order valence-electron chi connectivity index (χ2n) is 13.1. The normalized spacial score (nSPS) is 14.6. The lowest BCUT2D eigenvalue weighted by Gasteiger charge is -2.27. The highest BCUT2D eigenvalue weighted by molar-refractivity contribution is 5.93. The molecule has 0 aliphatic carbocycles. The second kappa shape index (κ2) is 21.4. The fourth-order valence-corrected chi connectivity index (χ4v) is 5.14. The van der Waals surface area contributed by atoms with Gasteiger partial charge in [0.1, 0.15) is 24.7 Å². The van der Waals surface area contributed by atoms with Gasteiger partial charge in [-0.3, -0.25) is 19.2 Å². The third kappa shape index (κ3) is 14.5. The van der Waals surface area contributed by atoms with Crippen LogP contribution in [0.15, 0.2) is 60.7 Å². The van der Waals surface area contributed by atoms with E-state index in [1.807, 2.05) is 36.4 Å². The number of nitrogens with one attached hydrogen (secondary N) is 5. The Bertz CT molecular complexity index is 1440. The van der Waals surface area contributed by atoms with Crippen LogP contribution in [-0.2, 0) is 46.5 Å². The van der Waals surface area contributed by atoms with E-state index >= 15 is 0 Å². The van der Waals surface area contributed by atoms with Crippen molar-refractivity contribution in [3.05, 3.63) is 71.8 Å². The van der Waals surface area contributed by atoms with Crippen LogP contribution < -0.4 is 26.6 Å². The summed E-state index contributed by atoms with van der Waals surface area (Å²) in [7, 11) is 1.23. The predicted molar refractivity (Wildman–Crippen MR) is 190 cm³/mol. The first kappa shape index (κ1) is 42.3. The zero-order valence-electron chi connectivity index (χ0n) is 30.4. The number of benzene rings is 2. The van der Waals surface area contributed by atoms with E-state index in [4.69, 9.17) is 9.47 Å². The van der Waals surface area contributed by atoms with Crippen molar-refractivity contribution < 1.29 is 43.3 Å². The SMILES string of the molecule is COC(=O)C(NC(=O)C(NC(=O)CNCC(O)C(Cc1ccccc1)C(=O)C(C)NC(=O)C(C)NC(=O)OCc1ccccc1)C(C)C)C(C)C. The molecule has 280 valence electrons. The van der Waals surface area contributed by atoms with Gasteiger partial charge in [-0.15, -0.1) is 0 Å². The third-order valence-electron chi connectivity index (χ3n) is 8.18. The number of esters is 1. The molecule has 0 aliphatic rings. The molecule has 0 spiro atoms. The van der Waals surface area contributed by atoms with E-state index in [9.17, 15) is 33.9 Å². The maximum Gasteiger partial charge on any atom is 0.408 e. The molecule has 0 aromatic heterocycles. The predicted octanol–water partition coefficient (Wildman–Crippen LogP) is 1.64. The van der Waals surface area contributed by atoms with Crippen LogP contribution in [0.5, 0.6) is 0 Å². The van der Waals surface area contributed by atoms with Crippen LogP contribution in [0.2, 0.25) is 0 Å². The van der Waals surface area contributed by atoms with Gasteiger partial charge in [-0.05, 0) is 43.2 Å². The number of carbonyl (C=O) groups is 6. The Kier molecular flexibility index (Phi) is 17.8. The molecule has 14 nitrogen and oxygen atoms in total. The summed E-state index contributed by atoms with van der Waals surface area (Å²) in [6.45, 7) is 9.55. The monoisotopic (exact) mass is 711 g/mol. The van der Waals surface area contributed by atoms with Gasteiger partial charge in [0.2, 0.25) is 17.7 Å². The fraction of sp³-hybridized carbons (Fsp3) is 0.514. The Morgan fingerprint density at radius 3 is 1.80 bits per heavy atom. The van der Waals surface area contributed by atoms with Gasteiger partial charge >= 0.3 is 12.1 Å². The molecule has 0 saturated carbocycles. The number of amides is 4. The zero-order chi connectivity index (χ0) is 38.1. The molecule has 14 heteroatoms. The van der Waals surface area contributed by atoms with Gasteiger partial charge in [0.25, 0.3) is 0 Å². The zero-order valence-corrected chi connectivity index (χ0v) is 30.4. The second-order valence-corrected chi connectivity index (χ2v) is 13.1. The van der Waals surface area contributed by atoms with E-state index < -0.39 is 71.8 Å². The minimum absolute atomic E-state index is 0.0219. The molecule has 4 amide bonds. The molecule has 2 aromatic rings. The molecule has 0 fully saturated rings. The minimum atomic E-state index is -1.26. The van der Waals surface area contributed by atoms with Gasteiger partial charge in [0, 0.05) is 6.54 Å². The summed E-state index contributed by atoms with van der Waals surface area (Å²) < 4.78 is 9.95. The van der Waals surface area contributed by atoms with Crippen LogP contribution in [-0.4, -0.2) is 91.1 Å². The van der Waals surface area contributed by atoms with Crippen LogP contribution in [0.1, 0.15) is 52.7 Å². The smallest absolute Gasteiger partial charge is 0.408 e. The van der Waals surface area contributed by atoms with Crippen molar-refractivity contribution in [3.8, 4) is 0 Å². The highest BCUT2D eigenvalue weighted by Crippen LogP contribution is 2.16. The number of hydrogen-bond donors (Lipinski definition) is 6. The lowest BCUT2D eigenvalue weighted by molar-refractivity contribution is -0.146. The number of aliphatic hydroxyl groups excluding tert-OH is 1. The van der Waals surface area contributed by atoms with Crippen molar-refractivity contribution in [1.82, 2.24) is 26.6 Å². The summed E-state index contributed by atoms with van der Waals surface area (Å²) in [6.07, 6.45) is -1.90. The average Bonchev–Trinajstić information content (AvgIpc) is 3.10. The number of ketones is 1. The molecular formula is C37H53N5O9. The number of ether oxygens (including phenoxy) is 2. The van der Waals surface area contributed by atoms with Gasteiger partial charge in [-0.25, -0.2) is 9.59 Å². The average molecular weight is 712 g/mol. The fourth-order valence-electron chi connectivity index (χ4n) is 5.14. The highest BCUT2D eigenvalue weighted by Gasteiger charge is 2.33. The van der Waals surface area contributed by atoms with Gasteiger partial charge in [-0.2, -0.15) is 0 Å². The van der Waals surface area contributed by atoms with Crippen molar-refractivity contribution in [2.75, 3.05) is 20.2 Å². The first-order valence-electron chi connectivity index (χ1n) is 17.1. The van der Waals surface area contributed by atoms with E-state index in [0.717, 1.165) is 11.1 Å². The Morgan fingerprint density at radius 2 is 1.25 bits per heavy atom. The maximum atomic E-state index is 13.7. The lowest BCUT2D eigenvalue weighted by Crippen LogP contribution is -2.56. The van der Waals surface area contributed by atoms with E-state index in [0.29, 0.717) is 0 Å². The number of hydrogen-bond acceptors (Lipinski definition) is 10. The van der Waals surface area contributed by atoms with Gasteiger partial charge in [0.05, 0.1) is 31.7 Å². The summed E-state index contributed by atoms with van der Waals surface area (Å²) in [5, 5.41) is 24.4. The standard InChI is InChI=1S/C37H53N5O9/c1-22(2)31(35(47)42-32(23(3)4)36(48)50-7)41-30(44)20-38-19-29(43)28(18-26-14-10-8-11-15-26)33(45)24(5)39-34(46)25(6)40-37(49)51-21-27-16-12-9-13-17-27/h8-17,22-25,28-29,31-32,38,43H,18-21H2,1-7H3,(H,39,46)(H,40,49)(H,41,44)(H,42,47). The van der Waals surface area contributed by atoms with Crippen molar-refractivity contribution in [1.29, 1.82) is 0 Å². The van der Waals surface area contributed by atoms with Gasteiger partial charge in [-0.1, -0.05) is 88.4 Å². The van der Waals surface area contributed by atoms with Crippen molar-refractivity contribution >= 4 is 35.6 Å². The maximum absolute atomic E-state index is 13.7. The van der Waals surface area contributed by atoms with Crippen LogP contribution in [0.4, 0.5) is 4.79 Å². The number of alkyl carbamates (subject to hydrolysis) is 1. The lowest BCUT2D eigenvalue weighted by atomic mass is 9.87. The summed E-state index contributed by atoms with van der Waals surface area (Å²) >= 11 is 0. The Balaban J connectivity index is 2.00. The third-order valence-corrected chi connectivity index (χ3v) is 8.18. The number of aliphatic hydroxyl groups is 1. The van der Waals surface area contributed by atoms with E-state index in [-0.39, 0.29) is 38.0 Å². The molecule has 6 unspecified atom stereocenters. The molecule has 6 N–H and O–H groups in total. The molecular weight excluding hydrogens is 658 g/mol. The quantitative estimate of drug-likeness (QED) is 0.110. The Labute approximate surface area is 299 Å². The molecule has 0 aliphatic heterocycles. The van der Waals surface area contributed by atoms with Crippen molar-refractivity contribution in [2.24, 2.45) is 17.8 Å². The molecule has 0 bridgehead atoms. The van der Waals surface area contributed by atoms with Crippen LogP contribution >= 0.6 is 0 Å². The van der Waals surface area contributed by atoms with E-state index in [2.05, 4.69) is 26.6 Å². The molecule has 0 heterocycles. The molecule has 2 rings (SSSR count). The topological polar surface area (TPSA) is 201 Å². The molecule has 51 heavy (non-hydrogen) atoms. The molecule has 0 radical (unpaired) electrons. The summed E-state index contributed by atoms with van der Waals surface area (Å²) in [5.41, 5.74) is 1.56. The Hall–Kier alpha value is -4.82. The van der Waals surface area contributed by atoms with Crippen LogP contribution in [0.3, 0.4) is 0 Å². The number of carbonyl (C=O) groups excluding carboxylic acids is 6.